The molecule has 1 aliphatic heterocycles. The van der Waals surface area contributed by atoms with Gasteiger partial charge in [0.1, 0.15) is 0 Å². The molecule has 0 saturated heterocycles. The van der Waals surface area contributed by atoms with Crippen molar-refractivity contribution in [2.45, 2.75) is 13.0 Å². The first-order chi connectivity index (χ1) is 15.5. The zero-order chi connectivity index (χ0) is 22.7. The van der Waals surface area contributed by atoms with Crippen molar-refractivity contribution in [1.82, 2.24) is 9.88 Å². The maximum Gasteiger partial charge on any atom is 0.322 e. The van der Waals surface area contributed by atoms with E-state index in [4.69, 9.17) is 18.6 Å². The number of nitrogens with zero attached hydrogens (tertiary/aromatic N) is 2. The Kier molecular flexibility index (Phi) is 6.17. The van der Waals surface area contributed by atoms with Crippen molar-refractivity contribution in [3.63, 3.8) is 0 Å². The van der Waals surface area contributed by atoms with E-state index in [9.17, 15) is 9.59 Å². The normalized spacial score (nSPS) is 12.7. The summed E-state index contributed by atoms with van der Waals surface area (Å²) < 4.78 is 21.1. The number of urea groups is 1. The molecular formula is C21H22N4O6S. The van der Waals surface area contributed by atoms with Crippen molar-refractivity contribution in [1.29, 1.82) is 0 Å². The minimum Gasteiger partial charge on any atom is -0.493 e. The van der Waals surface area contributed by atoms with Crippen molar-refractivity contribution in [3.05, 3.63) is 46.9 Å². The van der Waals surface area contributed by atoms with E-state index in [2.05, 4.69) is 15.6 Å². The number of carbonyl (C=O) groups excluding carboxylic acids is 2. The third-order valence-electron chi connectivity index (χ3n) is 4.90. The SMILES string of the molecule is COc1cc(NC(=O)N2CCc3nc(NC(=O)c4ccco4)sc3C2)cc(OC)c1OC. The minimum atomic E-state index is -0.363. The predicted octanol–water partition coefficient (Wildman–Crippen LogP) is 3.60. The zero-order valence-corrected chi connectivity index (χ0v) is 18.6. The van der Waals surface area contributed by atoms with Gasteiger partial charge in [0, 0.05) is 30.0 Å². The molecule has 4 rings (SSSR count). The number of carbonyl (C=O) groups is 2. The summed E-state index contributed by atoms with van der Waals surface area (Å²) in [5.41, 5.74) is 1.40. The Morgan fingerprint density at radius 2 is 1.88 bits per heavy atom. The fourth-order valence-corrected chi connectivity index (χ4v) is 4.36. The number of ether oxygens (including phenoxy) is 3. The number of nitrogens with one attached hydrogen (secondary N) is 2. The Labute approximate surface area is 188 Å². The number of aromatic nitrogens is 1. The van der Waals surface area contributed by atoms with E-state index >= 15 is 0 Å². The number of benzene rings is 1. The second kappa shape index (κ2) is 9.18. The first-order valence-corrected chi connectivity index (χ1v) is 10.5. The number of hydrogen-bond donors (Lipinski definition) is 2. The largest absolute Gasteiger partial charge is 0.493 e. The topological polar surface area (TPSA) is 115 Å². The number of thiazole rings is 1. The number of rotatable bonds is 6. The minimum absolute atomic E-state index is 0.213. The lowest BCUT2D eigenvalue weighted by Crippen LogP contribution is -2.38. The molecule has 11 heteroatoms. The van der Waals surface area contributed by atoms with Crippen LogP contribution in [0.2, 0.25) is 0 Å². The molecule has 3 amide bonds. The van der Waals surface area contributed by atoms with Crippen LogP contribution in [0, 0.1) is 0 Å². The smallest absolute Gasteiger partial charge is 0.322 e. The molecule has 168 valence electrons. The van der Waals surface area contributed by atoms with Gasteiger partial charge in [-0.15, -0.1) is 0 Å². The first-order valence-electron chi connectivity index (χ1n) is 9.71. The molecule has 32 heavy (non-hydrogen) atoms. The lowest BCUT2D eigenvalue weighted by atomic mass is 10.2. The molecular weight excluding hydrogens is 436 g/mol. The zero-order valence-electron chi connectivity index (χ0n) is 17.8. The highest BCUT2D eigenvalue weighted by Crippen LogP contribution is 2.40. The summed E-state index contributed by atoms with van der Waals surface area (Å²) in [6.45, 7) is 0.887. The van der Waals surface area contributed by atoms with E-state index in [-0.39, 0.29) is 17.7 Å². The number of anilines is 2. The van der Waals surface area contributed by atoms with Gasteiger partial charge >= 0.3 is 6.03 Å². The van der Waals surface area contributed by atoms with Crippen LogP contribution in [-0.4, -0.2) is 49.7 Å². The van der Waals surface area contributed by atoms with Gasteiger partial charge in [-0.3, -0.25) is 10.1 Å². The molecule has 1 aliphatic rings. The van der Waals surface area contributed by atoms with E-state index in [1.807, 2.05) is 0 Å². The van der Waals surface area contributed by atoms with E-state index < -0.39 is 0 Å². The predicted molar refractivity (Wildman–Crippen MR) is 118 cm³/mol. The molecule has 0 aliphatic carbocycles. The molecule has 1 aromatic carbocycles. The van der Waals surface area contributed by atoms with Crippen LogP contribution in [0.5, 0.6) is 17.2 Å². The number of methoxy groups -OCH3 is 3. The van der Waals surface area contributed by atoms with Gasteiger partial charge in [0.05, 0.1) is 45.5 Å². The van der Waals surface area contributed by atoms with Crippen molar-refractivity contribution < 1.29 is 28.2 Å². The van der Waals surface area contributed by atoms with Crippen LogP contribution in [0.4, 0.5) is 15.6 Å². The molecule has 0 bridgehead atoms. The van der Waals surface area contributed by atoms with E-state index in [0.29, 0.717) is 47.6 Å². The Hall–Kier alpha value is -3.73. The van der Waals surface area contributed by atoms with Gasteiger partial charge in [-0.1, -0.05) is 11.3 Å². The fraction of sp³-hybridized carbons (Fsp3) is 0.286. The Bertz CT molecular complexity index is 1100. The van der Waals surface area contributed by atoms with Gasteiger partial charge in [-0.25, -0.2) is 9.78 Å². The third kappa shape index (κ3) is 4.33. The van der Waals surface area contributed by atoms with Crippen molar-refractivity contribution in [2.24, 2.45) is 0 Å². The molecule has 2 N–H and O–H groups in total. The van der Waals surface area contributed by atoms with Gasteiger partial charge in [-0.05, 0) is 12.1 Å². The van der Waals surface area contributed by atoms with Crippen LogP contribution in [-0.2, 0) is 13.0 Å². The highest BCUT2D eigenvalue weighted by molar-refractivity contribution is 7.15. The first kappa shape index (κ1) is 21.5. The van der Waals surface area contributed by atoms with Crippen LogP contribution < -0.4 is 24.8 Å². The highest BCUT2D eigenvalue weighted by Gasteiger charge is 2.25. The second-order valence-corrected chi connectivity index (χ2v) is 7.92. The Balaban J connectivity index is 1.44. The Morgan fingerprint density at radius 3 is 2.50 bits per heavy atom. The Morgan fingerprint density at radius 1 is 1.12 bits per heavy atom. The average Bonchev–Trinajstić information content (AvgIpc) is 3.47. The van der Waals surface area contributed by atoms with Crippen molar-refractivity contribution >= 4 is 34.1 Å². The summed E-state index contributed by atoms with van der Waals surface area (Å²) >= 11 is 1.34. The maximum absolute atomic E-state index is 12.9. The molecule has 0 atom stereocenters. The highest BCUT2D eigenvalue weighted by atomic mass is 32.1. The summed E-state index contributed by atoms with van der Waals surface area (Å²) in [7, 11) is 4.55. The van der Waals surface area contributed by atoms with Crippen molar-refractivity contribution in [3.8, 4) is 17.2 Å². The van der Waals surface area contributed by atoms with E-state index in [1.54, 1.807) is 29.2 Å². The molecule has 3 aromatic rings. The number of furan rings is 1. The summed E-state index contributed by atoms with van der Waals surface area (Å²) in [4.78, 5) is 32.1. The fourth-order valence-electron chi connectivity index (χ4n) is 3.34. The number of hydrogen-bond acceptors (Lipinski definition) is 8. The molecule has 10 nitrogen and oxygen atoms in total. The quantitative estimate of drug-likeness (QED) is 0.580. The van der Waals surface area contributed by atoms with Gasteiger partial charge in [0.25, 0.3) is 5.91 Å². The molecule has 0 saturated carbocycles. The summed E-state index contributed by atoms with van der Waals surface area (Å²) in [6.07, 6.45) is 2.03. The van der Waals surface area contributed by atoms with Crippen LogP contribution in [0.3, 0.4) is 0 Å². The summed E-state index contributed by atoms with van der Waals surface area (Å²) in [5, 5.41) is 6.09. The number of amides is 3. The number of fused-ring (bicyclic) bond motifs is 1. The van der Waals surface area contributed by atoms with Gasteiger partial charge in [0.15, 0.2) is 22.4 Å². The summed E-state index contributed by atoms with van der Waals surface area (Å²) in [5.74, 6) is 1.19. The molecule has 3 heterocycles. The van der Waals surface area contributed by atoms with Crippen molar-refractivity contribution in [2.75, 3.05) is 38.5 Å². The molecule has 2 aromatic heterocycles. The van der Waals surface area contributed by atoms with Gasteiger partial charge < -0.3 is 28.8 Å². The third-order valence-corrected chi connectivity index (χ3v) is 5.90. The van der Waals surface area contributed by atoms with E-state index in [1.165, 1.54) is 38.9 Å². The van der Waals surface area contributed by atoms with Crippen LogP contribution in [0.25, 0.3) is 0 Å². The summed E-state index contributed by atoms with van der Waals surface area (Å²) in [6, 6.07) is 6.30. The average molecular weight is 458 g/mol. The lowest BCUT2D eigenvalue weighted by molar-refractivity contribution is 0.0996. The second-order valence-electron chi connectivity index (χ2n) is 6.84. The molecule has 0 spiro atoms. The van der Waals surface area contributed by atoms with Crippen LogP contribution >= 0.6 is 11.3 Å². The molecule has 0 radical (unpaired) electrons. The molecule has 0 unspecified atom stereocenters. The van der Waals surface area contributed by atoms with Gasteiger partial charge in [-0.2, -0.15) is 0 Å². The van der Waals surface area contributed by atoms with E-state index in [0.717, 1.165) is 10.6 Å². The van der Waals surface area contributed by atoms with Crippen LogP contribution in [0.1, 0.15) is 21.1 Å². The monoisotopic (exact) mass is 458 g/mol. The van der Waals surface area contributed by atoms with Crippen LogP contribution in [0.15, 0.2) is 34.9 Å². The molecule has 0 fully saturated rings. The standard InChI is InChI=1S/C21H22N4O6S/c1-28-15-9-12(10-16(29-2)18(15)30-3)22-21(27)25-7-6-13-17(11-25)32-20(23-13)24-19(26)14-5-4-8-31-14/h4-5,8-10H,6-7,11H2,1-3H3,(H,22,27)(H,23,24,26). The maximum atomic E-state index is 12.9. The van der Waals surface area contributed by atoms with Gasteiger partial charge in [0.2, 0.25) is 5.75 Å². The lowest BCUT2D eigenvalue weighted by Gasteiger charge is -2.26.